The summed E-state index contributed by atoms with van der Waals surface area (Å²) in [6.45, 7) is 5.81. The second-order valence-electron chi connectivity index (χ2n) is 6.08. The summed E-state index contributed by atoms with van der Waals surface area (Å²) in [5, 5.41) is -0.464. The number of rotatable bonds is 8. The number of thioether (sulfide) groups is 1. The lowest BCUT2D eigenvalue weighted by atomic mass is 10.2. The molecule has 0 aromatic heterocycles. The standard InChI is InChI=1S/C19H23NO5S/c1-4-5-10-24-17(21)12-20-18(22)16(26-19(20)23)11-14-6-8-15(9-7-14)25-13(2)3/h6-9,11,13H,4-5,10,12H2,1-3H3/b16-11-. The van der Waals surface area contributed by atoms with Crippen molar-refractivity contribution in [3.8, 4) is 5.75 Å². The van der Waals surface area contributed by atoms with E-state index in [9.17, 15) is 14.4 Å². The molecule has 1 aromatic rings. The fraction of sp³-hybridized carbons (Fsp3) is 0.421. The quantitative estimate of drug-likeness (QED) is 0.389. The van der Waals surface area contributed by atoms with Crippen molar-refractivity contribution in [2.24, 2.45) is 0 Å². The number of nitrogens with zero attached hydrogens (tertiary/aromatic N) is 1. The summed E-state index contributed by atoms with van der Waals surface area (Å²) in [5.41, 5.74) is 0.775. The molecule has 2 rings (SSSR count). The highest BCUT2D eigenvalue weighted by Crippen LogP contribution is 2.32. The third-order valence-corrected chi connectivity index (χ3v) is 4.38. The molecule has 0 bridgehead atoms. The van der Waals surface area contributed by atoms with E-state index in [1.54, 1.807) is 18.2 Å². The molecular weight excluding hydrogens is 354 g/mol. The average molecular weight is 377 g/mol. The van der Waals surface area contributed by atoms with Crippen LogP contribution in [0.25, 0.3) is 6.08 Å². The van der Waals surface area contributed by atoms with E-state index in [-0.39, 0.29) is 17.6 Å². The van der Waals surface area contributed by atoms with Crippen LogP contribution in [-0.2, 0) is 14.3 Å². The first kappa shape index (κ1) is 20.0. The summed E-state index contributed by atoms with van der Waals surface area (Å²) < 4.78 is 10.6. The lowest BCUT2D eigenvalue weighted by Gasteiger charge is -2.11. The SMILES string of the molecule is CCCCOC(=O)CN1C(=O)S/C(=C\c2ccc(OC(C)C)cc2)C1=O. The smallest absolute Gasteiger partial charge is 0.326 e. The molecular formula is C19H23NO5S. The number of amides is 2. The second-order valence-corrected chi connectivity index (χ2v) is 7.07. The number of esters is 1. The molecule has 0 saturated carbocycles. The molecule has 0 aliphatic carbocycles. The van der Waals surface area contributed by atoms with Crippen molar-refractivity contribution in [1.82, 2.24) is 4.90 Å². The van der Waals surface area contributed by atoms with E-state index in [0.29, 0.717) is 6.61 Å². The van der Waals surface area contributed by atoms with E-state index in [2.05, 4.69) is 0 Å². The molecule has 1 aliphatic rings. The molecule has 26 heavy (non-hydrogen) atoms. The lowest BCUT2D eigenvalue weighted by Crippen LogP contribution is -2.34. The van der Waals surface area contributed by atoms with Gasteiger partial charge in [-0.1, -0.05) is 25.5 Å². The van der Waals surface area contributed by atoms with Gasteiger partial charge in [0.1, 0.15) is 12.3 Å². The van der Waals surface area contributed by atoms with Gasteiger partial charge in [0.2, 0.25) is 0 Å². The zero-order valence-corrected chi connectivity index (χ0v) is 16.0. The van der Waals surface area contributed by atoms with E-state index < -0.39 is 17.1 Å². The van der Waals surface area contributed by atoms with E-state index in [1.807, 2.05) is 32.9 Å². The third kappa shape index (κ3) is 5.62. The Bertz CT molecular complexity index is 696. The maximum absolute atomic E-state index is 12.4. The van der Waals surface area contributed by atoms with Gasteiger partial charge in [-0.3, -0.25) is 19.3 Å². The van der Waals surface area contributed by atoms with Crippen molar-refractivity contribution < 1.29 is 23.9 Å². The minimum absolute atomic E-state index is 0.0782. The van der Waals surface area contributed by atoms with Crippen LogP contribution in [0, 0.1) is 0 Å². The molecule has 0 unspecified atom stereocenters. The topological polar surface area (TPSA) is 72.9 Å². The normalized spacial score (nSPS) is 15.8. The van der Waals surface area contributed by atoms with Crippen molar-refractivity contribution >= 4 is 35.0 Å². The van der Waals surface area contributed by atoms with Crippen molar-refractivity contribution in [3.05, 3.63) is 34.7 Å². The van der Waals surface area contributed by atoms with Crippen LogP contribution in [0.15, 0.2) is 29.2 Å². The van der Waals surface area contributed by atoms with Crippen LogP contribution in [0.1, 0.15) is 39.2 Å². The van der Waals surface area contributed by atoms with Gasteiger partial charge >= 0.3 is 5.97 Å². The number of ether oxygens (including phenoxy) is 2. The van der Waals surface area contributed by atoms with Gasteiger partial charge in [-0.15, -0.1) is 0 Å². The van der Waals surface area contributed by atoms with Gasteiger partial charge in [-0.05, 0) is 55.8 Å². The van der Waals surface area contributed by atoms with E-state index in [1.165, 1.54) is 0 Å². The fourth-order valence-corrected chi connectivity index (χ4v) is 3.05. The molecule has 1 aromatic carbocycles. The van der Waals surface area contributed by atoms with Gasteiger partial charge in [0.25, 0.3) is 11.1 Å². The van der Waals surface area contributed by atoms with Crippen LogP contribution in [0.5, 0.6) is 5.75 Å². The molecule has 0 atom stereocenters. The highest BCUT2D eigenvalue weighted by atomic mass is 32.2. The second kappa shape index (κ2) is 9.43. The maximum atomic E-state index is 12.4. The molecule has 1 saturated heterocycles. The van der Waals surface area contributed by atoms with Crippen molar-refractivity contribution in [3.63, 3.8) is 0 Å². The Morgan fingerprint density at radius 3 is 2.54 bits per heavy atom. The van der Waals surface area contributed by atoms with Crippen LogP contribution >= 0.6 is 11.8 Å². The largest absolute Gasteiger partial charge is 0.491 e. The van der Waals surface area contributed by atoms with Crippen LogP contribution in [-0.4, -0.2) is 41.3 Å². The summed E-state index contributed by atoms with van der Waals surface area (Å²) >= 11 is 0.821. The highest BCUT2D eigenvalue weighted by molar-refractivity contribution is 8.18. The molecule has 2 amide bonds. The molecule has 6 nitrogen and oxygen atoms in total. The predicted molar refractivity (Wildman–Crippen MR) is 101 cm³/mol. The van der Waals surface area contributed by atoms with E-state index in [4.69, 9.17) is 9.47 Å². The Labute approximate surface area is 157 Å². The first-order valence-electron chi connectivity index (χ1n) is 8.58. The maximum Gasteiger partial charge on any atom is 0.326 e. The number of carbonyl (C=O) groups excluding carboxylic acids is 3. The Morgan fingerprint density at radius 2 is 1.92 bits per heavy atom. The molecule has 7 heteroatoms. The molecule has 1 heterocycles. The zero-order valence-electron chi connectivity index (χ0n) is 15.2. The van der Waals surface area contributed by atoms with Gasteiger partial charge in [0, 0.05) is 0 Å². The third-order valence-electron chi connectivity index (χ3n) is 3.47. The number of hydrogen-bond donors (Lipinski definition) is 0. The van der Waals surface area contributed by atoms with Crippen LogP contribution in [0.3, 0.4) is 0 Å². The monoisotopic (exact) mass is 377 g/mol. The Balaban J connectivity index is 2.00. The van der Waals surface area contributed by atoms with Gasteiger partial charge in [0.05, 0.1) is 17.6 Å². The molecule has 140 valence electrons. The van der Waals surface area contributed by atoms with Crippen molar-refractivity contribution in [2.45, 2.75) is 39.7 Å². The average Bonchev–Trinajstić information content (AvgIpc) is 2.84. The molecule has 1 fully saturated rings. The summed E-state index contributed by atoms with van der Waals surface area (Å²) in [5.74, 6) is -0.313. The molecule has 0 N–H and O–H groups in total. The Morgan fingerprint density at radius 1 is 1.23 bits per heavy atom. The molecule has 1 aliphatic heterocycles. The predicted octanol–water partition coefficient (Wildman–Crippen LogP) is 3.85. The lowest BCUT2D eigenvalue weighted by molar-refractivity contribution is -0.146. The Kier molecular flexibility index (Phi) is 7.26. The van der Waals surface area contributed by atoms with Gasteiger partial charge in [-0.25, -0.2) is 0 Å². The summed E-state index contributed by atoms with van der Waals surface area (Å²) in [7, 11) is 0. The van der Waals surface area contributed by atoms with Crippen LogP contribution in [0.4, 0.5) is 4.79 Å². The number of unbranched alkanes of at least 4 members (excludes halogenated alkanes) is 1. The van der Waals surface area contributed by atoms with Crippen LogP contribution < -0.4 is 4.74 Å². The highest BCUT2D eigenvalue weighted by Gasteiger charge is 2.36. The van der Waals surface area contributed by atoms with E-state index >= 15 is 0 Å². The first-order chi connectivity index (χ1) is 12.4. The van der Waals surface area contributed by atoms with Gasteiger partial charge in [0.15, 0.2) is 0 Å². The zero-order chi connectivity index (χ0) is 19.1. The van der Waals surface area contributed by atoms with E-state index in [0.717, 1.165) is 40.8 Å². The first-order valence-corrected chi connectivity index (χ1v) is 9.40. The number of benzene rings is 1. The van der Waals surface area contributed by atoms with Gasteiger partial charge < -0.3 is 9.47 Å². The number of imide groups is 1. The Hall–Kier alpha value is -2.28. The van der Waals surface area contributed by atoms with Gasteiger partial charge in [-0.2, -0.15) is 0 Å². The number of hydrogen-bond acceptors (Lipinski definition) is 6. The minimum atomic E-state index is -0.572. The molecule has 0 spiro atoms. The van der Waals surface area contributed by atoms with Crippen molar-refractivity contribution in [2.75, 3.05) is 13.2 Å². The van der Waals surface area contributed by atoms with Crippen molar-refractivity contribution in [1.29, 1.82) is 0 Å². The minimum Gasteiger partial charge on any atom is -0.491 e. The molecule has 0 radical (unpaired) electrons. The number of carbonyl (C=O) groups is 3. The summed E-state index contributed by atoms with van der Waals surface area (Å²) in [4.78, 5) is 37.4. The van der Waals surface area contributed by atoms with Crippen LogP contribution in [0.2, 0.25) is 0 Å². The summed E-state index contributed by atoms with van der Waals surface area (Å²) in [6, 6.07) is 7.23. The fourth-order valence-electron chi connectivity index (χ4n) is 2.21. The summed E-state index contributed by atoms with van der Waals surface area (Å²) in [6.07, 6.45) is 3.36.